The van der Waals surface area contributed by atoms with Gasteiger partial charge in [-0.25, -0.2) is 0 Å². The maximum Gasteiger partial charge on any atom is 0.164 e. The summed E-state index contributed by atoms with van der Waals surface area (Å²) in [5, 5.41) is 26.2. The van der Waals surface area contributed by atoms with Crippen molar-refractivity contribution in [2.75, 3.05) is 0 Å². The summed E-state index contributed by atoms with van der Waals surface area (Å²) in [5.41, 5.74) is 2.82. The molecule has 2 aromatic carbocycles. The Labute approximate surface area is 158 Å². The first-order chi connectivity index (χ1) is 13.0. The lowest BCUT2D eigenvalue weighted by atomic mass is 9.95. The lowest BCUT2D eigenvalue weighted by molar-refractivity contribution is -0.136. The fourth-order valence-corrected chi connectivity index (χ4v) is 3.24. The van der Waals surface area contributed by atoms with Gasteiger partial charge in [-0.3, -0.25) is 0 Å². The molecule has 27 heavy (non-hydrogen) atoms. The third kappa shape index (κ3) is 4.72. The Balaban J connectivity index is 1.85. The lowest BCUT2D eigenvalue weighted by Crippen LogP contribution is -2.39. The molecule has 0 amide bonds. The molecule has 0 radical (unpaired) electrons. The molecule has 2 unspecified atom stereocenters. The van der Waals surface area contributed by atoms with E-state index in [0.29, 0.717) is 24.3 Å². The predicted octanol–water partition coefficient (Wildman–Crippen LogP) is 3.65. The first kappa shape index (κ1) is 19.1. The van der Waals surface area contributed by atoms with Crippen molar-refractivity contribution >= 4 is 11.4 Å². The monoisotopic (exact) mass is 368 g/mol. The molecule has 0 aromatic heterocycles. The van der Waals surface area contributed by atoms with Gasteiger partial charge in [0, 0.05) is 12.8 Å². The number of oxime groups is 2. The van der Waals surface area contributed by atoms with Gasteiger partial charge in [0.05, 0.1) is 11.4 Å². The van der Waals surface area contributed by atoms with Crippen LogP contribution in [0.3, 0.4) is 0 Å². The summed E-state index contributed by atoms with van der Waals surface area (Å²) in [5.74, 6) is -0.894. The molecule has 1 fully saturated rings. The average Bonchev–Trinajstić information content (AvgIpc) is 3.01. The molecule has 2 atom stereocenters. The second kappa shape index (κ2) is 8.33. The van der Waals surface area contributed by atoms with Crippen LogP contribution >= 0.6 is 0 Å². The Kier molecular flexibility index (Phi) is 5.88. The lowest BCUT2D eigenvalue weighted by Gasteiger charge is -2.19. The third-order valence-corrected chi connectivity index (χ3v) is 4.47. The summed E-state index contributed by atoms with van der Waals surface area (Å²) >= 11 is 0. The van der Waals surface area contributed by atoms with E-state index in [1.165, 1.54) is 0 Å². The van der Waals surface area contributed by atoms with E-state index in [4.69, 9.17) is 9.47 Å². The van der Waals surface area contributed by atoms with E-state index >= 15 is 0 Å². The minimum atomic E-state index is -0.894. The van der Waals surface area contributed by atoms with Gasteiger partial charge in [0.1, 0.15) is 12.2 Å². The fourth-order valence-electron chi connectivity index (χ4n) is 3.24. The van der Waals surface area contributed by atoms with Crippen LogP contribution in [0.25, 0.3) is 0 Å². The number of ether oxygens (including phenoxy) is 2. The topological polar surface area (TPSA) is 83.6 Å². The summed E-state index contributed by atoms with van der Waals surface area (Å²) in [6, 6.07) is 19.4. The largest absolute Gasteiger partial charge is 0.411 e. The molecule has 0 saturated carbocycles. The van der Waals surface area contributed by atoms with Gasteiger partial charge in [0.15, 0.2) is 5.79 Å². The summed E-state index contributed by atoms with van der Waals surface area (Å²) in [6.07, 6.45) is -0.496. The fraction of sp³-hybridized carbons (Fsp3) is 0.333. The van der Waals surface area contributed by atoms with E-state index in [-0.39, 0.29) is 0 Å². The molecular formula is C21H24N2O4. The predicted molar refractivity (Wildman–Crippen MR) is 103 cm³/mol. The first-order valence-corrected chi connectivity index (χ1v) is 8.87. The molecule has 2 aromatic rings. The van der Waals surface area contributed by atoms with Crippen LogP contribution in [0.4, 0.5) is 0 Å². The Morgan fingerprint density at radius 3 is 1.48 bits per heavy atom. The molecule has 1 saturated heterocycles. The first-order valence-electron chi connectivity index (χ1n) is 8.87. The smallest absolute Gasteiger partial charge is 0.164 e. The standard InChI is InChI=1S/C21H24N2O4/c1-21(2)26-19(17(22-24)13-15-9-5-3-6-10-15)20(27-21)18(23-25)14-16-11-7-4-8-12-16/h3-12,19-20,24-25H,13-14H2,1-2H3. The van der Waals surface area contributed by atoms with Gasteiger partial charge < -0.3 is 19.9 Å². The number of hydrogen-bond donors (Lipinski definition) is 2. The highest BCUT2D eigenvalue weighted by atomic mass is 16.8. The molecule has 0 aliphatic carbocycles. The van der Waals surface area contributed by atoms with Crippen molar-refractivity contribution in [3.8, 4) is 0 Å². The SMILES string of the molecule is CC1(C)OC(C(Cc2ccccc2)=NO)C(C(Cc2ccccc2)=NO)O1. The molecule has 0 spiro atoms. The molecule has 6 heteroatoms. The molecule has 1 aliphatic rings. The van der Waals surface area contributed by atoms with Gasteiger partial charge in [0.2, 0.25) is 0 Å². The molecule has 3 rings (SSSR count). The van der Waals surface area contributed by atoms with Crippen LogP contribution < -0.4 is 0 Å². The third-order valence-electron chi connectivity index (χ3n) is 4.47. The van der Waals surface area contributed by atoms with Gasteiger partial charge >= 0.3 is 0 Å². The van der Waals surface area contributed by atoms with Gasteiger partial charge in [-0.15, -0.1) is 0 Å². The van der Waals surface area contributed by atoms with E-state index < -0.39 is 18.0 Å². The van der Waals surface area contributed by atoms with Crippen LogP contribution in [-0.4, -0.2) is 39.8 Å². The summed E-state index contributed by atoms with van der Waals surface area (Å²) < 4.78 is 12.0. The average molecular weight is 368 g/mol. The van der Waals surface area contributed by atoms with Crippen LogP contribution in [-0.2, 0) is 22.3 Å². The van der Waals surface area contributed by atoms with E-state index in [1.807, 2.05) is 60.7 Å². The highest BCUT2D eigenvalue weighted by Gasteiger charge is 2.46. The number of hydrogen-bond acceptors (Lipinski definition) is 6. The van der Waals surface area contributed by atoms with E-state index in [1.54, 1.807) is 13.8 Å². The minimum Gasteiger partial charge on any atom is -0.411 e. The summed E-state index contributed by atoms with van der Waals surface area (Å²) in [4.78, 5) is 0. The maximum atomic E-state index is 9.63. The van der Waals surface area contributed by atoms with Crippen molar-refractivity contribution in [1.29, 1.82) is 0 Å². The molecule has 1 aliphatic heterocycles. The summed E-state index contributed by atoms with van der Waals surface area (Å²) in [6.45, 7) is 3.57. The highest BCUT2D eigenvalue weighted by molar-refractivity contribution is 5.99. The Hall–Kier alpha value is -2.70. The van der Waals surface area contributed by atoms with Gasteiger partial charge in [-0.2, -0.15) is 0 Å². The second-order valence-electron chi connectivity index (χ2n) is 6.98. The quantitative estimate of drug-likeness (QED) is 0.463. The number of nitrogens with zero attached hydrogens (tertiary/aromatic N) is 2. The van der Waals surface area contributed by atoms with Crippen molar-refractivity contribution in [3.05, 3.63) is 71.8 Å². The van der Waals surface area contributed by atoms with Crippen LogP contribution in [0.2, 0.25) is 0 Å². The highest BCUT2D eigenvalue weighted by Crippen LogP contribution is 2.31. The van der Waals surface area contributed by atoms with Gasteiger partial charge in [-0.05, 0) is 25.0 Å². The maximum absolute atomic E-state index is 9.63. The Morgan fingerprint density at radius 2 is 1.15 bits per heavy atom. The van der Waals surface area contributed by atoms with Crippen molar-refractivity contribution in [1.82, 2.24) is 0 Å². The molecule has 0 bridgehead atoms. The van der Waals surface area contributed by atoms with Crippen molar-refractivity contribution in [2.45, 2.75) is 44.7 Å². The normalized spacial score (nSPS) is 22.7. The van der Waals surface area contributed by atoms with E-state index in [2.05, 4.69) is 10.3 Å². The number of rotatable bonds is 6. The van der Waals surface area contributed by atoms with Crippen molar-refractivity contribution in [2.24, 2.45) is 10.3 Å². The number of benzene rings is 2. The van der Waals surface area contributed by atoms with Crippen molar-refractivity contribution in [3.63, 3.8) is 0 Å². The zero-order valence-electron chi connectivity index (χ0n) is 15.4. The molecule has 2 N–H and O–H groups in total. The molecule has 6 nitrogen and oxygen atoms in total. The zero-order chi connectivity index (χ0) is 19.3. The van der Waals surface area contributed by atoms with Crippen LogP contribution in [0.1, 0.15) is 25.0 Å². The van der Waals surface area contributed by atoms with Crippen LogP contribution in [0.5, 0.6) is 0 Å². The second-order valence-corrected chi connectivity index (χ2v) is 6.98. The van der Waals surface area contributed by atoms with Gasteiger partial charge in [-0.1, -0.05) is 71.0 Å². The molecular weight excluding hydrogens is 344 g/mol. The van der Waals surface area contributed by atoms with E-state index in [9.17, 15) is 10.4 Å². The molecule has 1 heterocycles. The van der Waals surface area contributed by atoms with Crippen LogP contribution in [0, 0.1) is 0 Å². The minimum absolute atomic E-state index is 0.405. The molecule has 142 valence electrons. The Bertz CT molecular complexity index is 736. The Morgan fingerprint density at radius 1 is 0.778 bits per heavy atom. The van der Waals surface area contributed by atoms with Crippen LogP contribution in [0.15, 0.2) is 71.0 Å². The summed E-state index contributed by atoms with van der Waals surface area (Å²) in [7, 11) is 0. The van der Waals surface area contributed by atoms with Crippen molar-refractivity contribution < 1.29 is 19.9 Å². The van der Waals surface area contributed by atoms with Gasteiger partial charge in [0.25, 0.3) is 0 Å². The zero-order valence-corrected chi connectivity index (χ0v) is 15.4. The van der Waals surface area contributed by atoms with E-state index in [0.717, 1.165) is 11.1 Å².